The third-order valence-corrected chi connectivity index (χ3v) is 6.26. The molecule has 0 aliphatic carbocycles. The fourth-order valence-corrected chi connectivity index (χ4v) is 4.10. The Hall–Kier alpha value is -2.25. The number of aromatic nitrogens is 2. The highest BCUT2D eigenvalue weighted by Gasteiger charge is 2.45. The van der Waals surface area contributed by atoms with E-state index in [1.165, 1.54) is 0 Å². The molecule has 3 rings (SSSR count). The number of rotatable bonds is 13. The van der Waals surface area contributed by atoms with E-state index in [0.29, 0.717) is 26.0 Å². The zero-order valence-corrected chi connectivity index (χ0v) is 21.1. The van der Waals surface area contributed by atoms with Crippen LogP contribution in [0.3, 0.4) is 0 Å². The van der Waals surface area contributed by atoms with Crippen molar-refractivity contribution in [1.82, 2.24) is 15.5 Å². The predicted octanol–water partition coefficient (Wildman–Crippen LogP) is -0.0382. The molecule has 0 saturated carbocycles. The lowest BCUT2D eigenvalue weighted by atomic mass is 9.96. The second-order valence-corrected chi connectivity index (χ2v) is 9.33. The zero-order chi connectivity index (χ0) is 26.2. The topological polar surface area (TPSA) is 170 Å². The van der Waals surface area contributed by atoms with Gasteiger partial charge in [0.15, 0.2) is 0 Å². The highest BCUT2D eigenvalue weighted by atomic mass is 16.7. The number of aliphatic hydroxyl groups is 5. The molecule has 0 spiro atoms. The van der Waals surface area contributed by atoms with E-state index in [9.17, 15) is 20.4 Å². The van der Waals surface area contributed by atoms with E-state index in [4.69, 9.17) is 19.3 Å². The maximum absolute atomic E-state index is 10.4. The second-order valence-electron chi connectivity index (χ2n) is 9.33. The molecule has 1 aromatic heterocycles. The van der Waals surface area contributed by atoms with Crippen LogP contribution in [0.5, 0.6) is 11.6 Å². The van der Waals surface area contributed by atoms with E-state index < -0.39 is 37.3 Å². The summed E-state index contributed by atoms with van der Waals surface area (Å²) in [6, 6.07) is 5.86. The fourth-order valence-electron chi connectivity index (χ4n) is 4.10. The molecule has 0 bridgehead atoms. The molecule has 1 saturated heterocycles. The van der Waals surface area contributed by atoms with Gasteiger partial charge in [-0.15, -0.1) is 5.10 Å². The molecule has 1 aromatic carbocycles. The van der Waals surface area contributed by atoms with E-state index >= 15 is 0 Å². The molecule has 1 fully saturated rings. The van der Waals surface area contributed by atoms with Gasteiger partial charge in [0.25, 0.3) is 0 Å². The predicted molar refractivity (Wildman–Crippen MR) is 131 cm³/mol. The van der Waals surface area contributed by atoms with Crippen molar-refractivity contribution >= 4 is 0 Å². The van der Waals surface area contributed by atoms with Gasteiger partial charge in [0.2, 0.25) is 12.2 Å². The van der Waals surface area contributed by atoms with Crippen LogP contribution in [0.4, 0.5) is 0 Å². The van der Waals surface area contributed by atoms with E-state index in [1.807, 2.05) is 39.0 Å². The Morgan fingerprint density at radius 1 is 1.11 bits per heavy atom. The molecule has 36 heavy (non-hydrogen) atoms. The third-order valence-electron chi connectivity index (χ3n) is 6.26. The van der Waals surface area contributed by atoms with Gasteiger partial charge in [-0.05, 0) is 49.1 Å². The van der Waals surface area contributed by atoms with Crippen LogP contribution in [0.25, 0.3) is 0 Å². The summed E-state index contributed by atoms with van der Waals surface area (Å²) in [6.45, 7) is 7.61. The fraction of sp³-hybridized carbons (Fsp3) is 0.640. The number of H-pyrrole nitrogens is 1. The minimum absolute atomic E-state index is 0.112. The van der Waals surface area contributed by atoms with Gasteiger partial charge in [-0.1, -0.05) is 19.9 Å². The number of hydrogen-bond donors (Lipinski definition) is 7. The number of nitrogens with zero attached hydrogens (tertiary/aromatic N) is 1. The molecular weight excluding hydrogens is 470 g/mol. The van der Waals surface area contributed by atoms with Crippen molar-refractivity contribution in [3.05, 3.63) is 40.6 Å². The van der Waals surface area contributed by atoms with Crippen molar-refractivity contribution in [1.29, 1.82) is 0 Å². The van der Waals surface area contributed by atoms with Crippen LogP contribution in [0.2, 0.25) is 0 Å². The smallest absolute Gasteiger partial charge is 0.238 e. The standard InChI is InChI=1S/C25H39N3O8/c1-14(2)20-18(12-16-5-6-17(11-15(16)3)34-10-8-26-7-4-9-29)24(28-27-20)36-25-23(33)22(32)21(31)19(13-30)35-25/h5-6,11,14,19,21-23,25-26,29-33H,4,7-10,12-13H2,1-3H3,(H,27,28)/t19-,21-,22+,23-,25+/m1/s1. The van der Waals surface area contributed by atoms with Crippen LogP contribution in [0.15, 0.2) is 18.2 Å². The summed E-state index contributed by atoms with van der Waals surface area (Å²) in [7, 11) is 0. The molecule has 0 unspecified atom stereocenters. The Balaban J connectivity index is 1.72. The van der Waals surface area contributed by atoms with Gasteiger partial charge in [0.05, 0.1) is 6.61 Å². The second kappa shape index (κ2) is 13.3. The molecule has 2 heterocycles. The lowest BCUT2D eigenvalue weighted by Crippen LogP contribution is -2.60. The maximum atomic E-state index is 10.4. The summed E-state index contributed by atoms with van der Waals surface area (Å²) in [5.41, 5.74) is 3.70. The SMILES string of the molecule is Cc1cc(OCCNCCCO)ccc1Cc1c(O[C@@H]2O[C@H](CO)[C@@H](O)[C@H](O)[C@H]2O)n[nH]c1C(C)C. The van der Waals surface area contributed by atoms with Gasteiger partial charge in [0.1, 0.15) is 36.8 Å². The van der Waals surface area contributed by atoms with Crippen molar-refractivity contribution < 1.29 is 39.7 Å². The summed E-state index contributed by atoms with van der Waals surface area (Å²) in [4.78, 5) is 0. The van der Waals surface area contributed by atoms with Gasteiger partial charge in [-0.2, -0.15) is 0 Å². The van der Waals surface area contributed by atoms with Crippen LogP contribution in [-0.4, -0.2) is 99.3 Å². The van der Waals surface area contributed by atoms with E-state index in [2.05, 4.69) is 15.5 Å². The number of benzene rings is 1. The first-order chi connectivity index (χ1) is 17.3. The van der Waals surface area contributed by atoms with E-state index in [1.54, 1.807) is 0 Å². The molecule has 2 aromatic rings. The van der Waals surface area contributed by atoms with Crippen molar-refractivity contribution in [2.24, 2.45) is 0 Å². The summed E-state index contributed by atoms with van der Waals surface area (Å²) in [5, 5.41) is 59.3. The van der Waals surface area contributed by atoms with Crippen LogP contribution in [0, 0.1) is 6.92 Å². The van der Waals surface area contributed by atoms with Crippen molar-refractivity contribution in [3.63, 3.8) is 0 Å². The van der Waals surface area contributed by atoms with Gasteiger partial charge in [-0.3, -0.25) is 5.10 Å². The normalized spacial score (nSPS) is 24.3. The summed E-state index contributed by atoms with van der Waals surface area (Å²) < 4.78 is 17.2. The lowest BCUT2D eigenvalue weighted by molar-refractivity contribution is -0.278. The number of hydrogen-bond acceptors (Lipinski definition) is 10. The summed E-state index contributed by atoms with van der Waals surface area (Å²) >= 11 is 0. The quantitative estimate of drug-likeness (QED) is 0.182. The molecule has 0 radical (unpaired) electrons. The molecule has 0 amide bonds. The average Bonchev–Trinajstić information content (AvgIpc) is 3.25. The van der Waals surface area contributed by atoms with Crippen molar-refractivity contribution in [2.75, 3.05) is 32.9 Å². The third kappa shape index (κ3) is 6.94. The molecule has 202 valence electrons. The number of nitrogens with one attached hydrogen (secondary N) is 2. The van der Waals surface area contributed by atoms with Gasteiger partial charge < -0.3 is 45.1 Å². The van der Waals surface area contributed by atoms with Crippen molar-refractivity contribution in [3.8, 4) is 11.6 Å². The monoisotopic (exact) mass is 509 g/mol. The van der Waals surface area contributed by atoms with Crippen LogP contribution in [-0.2, 0) is 11.2 Å². The Morgan fingerprint density at radius 3 is 2.56 bits per heavy atom. The van der Waals surface area contributed by atoms with Gasteiger partial charge >= 0.3 is 0 Å². The zero-order valence-electron chi connectivity index (χ0n) is 21.1. The summed E-state index contributed by atoms with van der Waals surface area (Å²) in [5.74, 6) is 1.09. The number of aromatic amines is 1. The minimum Gasteiger partial charge on any atom is -0.492 e. The van der Waals surface area contributed by atoms with E-state index in [-0.39, 0.29) is 18.4 Å². The maximum Gasteiger partial charge on any atom is 0.238 e. The molecule has 1 aliphatic heterocycles. The first-order valence-corrected chi connectivity index (χ1v) is 12.3. The number of aryl methyl sites for hydroxylation is 1. The van der Waals surface area contributed by atoms with Crippen LogP contribution in [0.1, 0.15) is 48.6 Å². The largest absolute Gasteiger partial charge is 0.492 e. The Labute approximate surface area is 211 Å². The van der Waals surface area contributed by atoms with Crippen LogP contribution < -0.4 is 14.8 Å². The lowest BCUT2D eigenvalue weighted by Gasteiger charge is -2.39. The summed E-state index contributed by atoms with van der Waals surface area (Å²) in [6.07, 6.45) is -5.70. The van der Waals surface area contributed by atoms with Crippen LogP contribution >= 0.6 is 0 Å². The van der Waals surface area contributed by atoms with Crippen molar-refractivity contribution in [2.45, 2.75) is 70.2 Å². The molecule has 5 atom stereocenters. The molecule has 11 nitrogen and oxygen atoms in total. The minimum atomic E-state index is -1.53. The average molecular weight is 510 g/mol. The van der Waals surface area contributed by atoms with Gasteiger partial charge in [0, 0.05) is 30.8 Å². The Morgan fingerprint density at radius 2 is 1.89 bits per heavy atom. The highest BCUT2D eigenvalue weighted by Crippen LogP contribution is 2.32. The number of aliphatic hydroxyl groups excluding tert-OH is 5. The molecule has 7 N–H and O–H groups in total. The first-order valence-electron chi connectivity index (χ1n) is 12.3. The van der Waals surface area contributed by atoms with Gasteiger partial charge in [-0.25, -0.2) is 0 Å². The Bertz CT molecular complexity index is 951. The molecular formula is C25H39N3O8. The highest BCUT2D eigenvalue weighted by molar-refractivity contribution is 5.42. The number of ether oxygens (including phenoxy) is 3. The first kappa shape index (κ1) is 28.3. The van der Waals surface area contributed by atoms with E-state index in [0.717, 1.165) is 34.7 Å². The molecule has 1 aliphatic rings. The Kier molecular flexibility index (Phi) is 10.5. The molecule has 11 heteroatoms.